The third-order valence-electron chi connectivity index (χ3n) is 4.16. The molecule has 3 atom stereocenters. The summed E-state index contributed by atoms with van der Waals surface area (Å²) in [4.78, 5) is 31.0. The molecule has 2 saturated heterocycles. The first-order chi connectivity index (χ1) is 11.2. The summed E-state index contributed by atoms with van der Waals surface area (Å²) in [5, 5.41) is 13.3. The van der Waals surface area contributed by atoms with Crippen LogP contribution in [0, 0.1) is 0 Å². The molecule has 2 rings (SSSR count). The number of hydrogen-bond acceptors (Lipinski definition) is 5. The van der Waals surface area contributed by atoms with Crippen molar-refractivity contribution in [2.45, 2.75) is 63.8 Å². The Morgan fingerprint density at radius 2 is 1.96 bits per heavy atom. The van der Waals surface area contributed by atoms with E-state index in [0.29, 0.717) is 25.8 Å². The van der Waals surface area contributed by atoms with Gasteiger partial charge in [0.25, 0.3) is 0 Å². The van der Waals surface area contributed by atoms with Crippen molar-refractivity contribution < 1.29 is 19.4 Å². The van der Waals surface area contributed by atoms with E-state index in [4.69, 9.17) is 10.3 Å². The van der Waals surface area contributed by atoms with Crippen LogP contribution in [-0.2, 0) is 9.53 Å². The molecule has 2 aliphatic rings. The van der Waals surface area contributed by atoms with E-state index in [0.717, 1.165) is 0 Å². The van der Waals surface area contributed by atoms with Crippen LogP contribution in [0.4, 0.5) is 4.79 Å². The van der Waals surface area contributed by atoms with Gasteiger partial charge in [0.05, 0.1) is 12.1 Å². The smallest absolute Gasteiger partial charge is 0.410 e. The molecule has 2 heterocycles. The number of ether oxygens (including phenoxy) is 1. The number of β-amino-alcohol motifs (C(OH)–C–C–N with tert-alkyl or cyclic N) is 1. The highest BCUT2D eigenvalue weighted by Crippen LogP contribution is 2.25. The van der Waals surface area contributed by atoms with E-state index in [2.05, 4.69) is 10.0 Å². The average Bonchev–Trinajstić information content (AvgIpc) is 2.91. The molecule has 0 aromatic heterocycles. The Morgan fingerprint density at radius 3 is 2.50 bits per heavy atom. The standard InChI is InChI=1S/C15H25N5O4/c1-15(2,3)24-14(23)20-8-10(17-18-16)4-5-12(20)13(22)19-7-6-11(21)9-19/h10-12,21H,4-9H2,1-3H3/t10?,11-,12-/m0/s1. The number of carbonyl (C=O) groups excluding carboxylic acids is 2. The van der Waals surface area contributed by atoms with Gasteiger partial charge in [-0.2, -0.15) is 0 Å². The Kier molecular flexibility index (Phi) is 5.56. The topological polar surface area (TPSA) is 119 Å². The van der Waals surface area contributed by atoms with Gasteiger partial charge in [-0.3, -0.25) is 9.69 Å². The van der Waals surface area contributed by atoms with Crippen LogP contribution in [0.15, 0.2) is 5.11 Å². The Morgan fingerprint density at radius 1 is 1.25 bits per heavy atom. The molecule has 134 valence electrons. The quantitative estimate of drug-likeness (QED) is 0.467. The fourth-order valence-corrected chi connectivity index (χ4v) is 3.05. The zero-order valence-electron chi connectivity index (χ0n) is 14.4. The van der Waals surface area contributed by atoms with E-state index >= 15 is 0 Å². The molecule has 0 radical (unpaired) electrons. The summed E-state index contributed by atoms with van der Waals surface area (Å²) >= 11 is 0. The maximum absolute atomic E-state index is 12.8. The number of hydrogen-bond donors (Lipinski definition) is 1. The third kappa shape index (κ3) is 4.52. The molecule has 0 bridgehead atoms. The molecule has 2 fully saturated rings. The summed E-state index contributed by atoms with van der Waals surface area (Å²) in [6.45, 7) is 6.20. The van der Waals surface area contributed by atoms with Gasteiger partial charge in [0.15, 0.2) is 0 Å². The van der Waals surface area contributed by atoms with E-state index in [1.807, 2.05) is 0 Å². The second-order valence-electron chi connectivity index (χ2n) is 7.31. The number of piperidine rings is 1. The minimum atomic E-state index is -0.681. The molecule has 2 amide bonds. The Balaban J connectivity index is 2.15. The molecule has 0 aromatic carbocycles. The summed E-state index contributed by atoms with van der Waals surface area (Å²) in [5.74, 6) is -0.184. The molecule has 9 heteroatoms. The van der Waals surface area contributed by atoms with Crippen molar-refractivity contribution in [2.75, 3.05) is 19.6 Å². The number of carbonyl (C=O) groups is 2. The average molecular weight is 339 g/mol. The minimum Gasteiger partial charge on any atom is -0.444 e. The monoisotopic (exact) mass is 339 g/mol. The van der Waals surface area contributed by atoms with Gasteiger partial charge >= 0.3 is 6.09 Å². The number of azide groups is 1. The van der Waals surface area contributed by atoms with E-state index < -0.39 is 23.8 Å². The maximum Gasteiger partial charge on any atom is 0.410 e. The molecule has 1 unspecified atom stereocenters. The Hall–Kier alpha value is -1.99. The number of aliphatic hydroxyl groups is 1. The van der Waals surface area contributed by atoms with E-state index in [-0.39, 0.29) is 25.0 Å². The van der Waals surface area contributed by atoms with Gasteiger partial charge < -0.3 is 14.7 Å². The highest BCUT2D eigenvalue weighted by molar-refractivity contribution is 5.86. The first-order valence-electron chi connectivity index (χ1n) is 8.22. The minimum absolute atomic E-state index is 0.159. The number of rotatable bonds is 2. The Bertz CT molecular complexity index is 540. The van der Waals surface area contributed by atoms with Crippen molar-refractivity contribution >= 4 is 12.0 Å². The molecule has 2 aliphatic heterocycles. The molecule has 24 heavy (non-hydrogen) atoms. The fraction of sp³-hybridized carbons (Fsp3) is 0.867. The molecule has 0 saturated carbocycles. The number of likely N-dealkylation sites (tertiary alicyclic amines) is 2. The highest BCUT2D eigenvalue weighted by atomic mass is 16.6. The summed E-state index contributed by atoms with van der Waals surface area (Å²) in [6, 6.07) is -1.01. The number of aliphatic hydroxyl groups excluding tert-OH is 1. The van der Waals surface area contributed by atoms with Crippen molar-refractivity contribution in [2.24, 2.45) is 5.11 Å². The van der Waals surface area contributed by atoms with Gasteiger partial charge in [0.2, 0.25) is 5.91 Å². The van der Waals surface area contributed by atoms with Crippen LogP contribution in [0.2, 0.25) is 0 Å². The van der Waals surface area contributed by atoms with Gasteiger partial charge in [0.1, 0.15) is 11.6 Å². The highest BCUT2D eigenvalue weighted by Gasteiger charge is 2.40. The van der Waals surface area contributed by atoms with Gasteiger partial charge in [-0.15, -0.1) is 0 Å². The number of amides is 2. The molecule has 0 spiro atoms. The van der Waals surface area contributed by atoms with Crippen molar-refractivity contribution in [3.63, 3.8) is 0 Å². The second-order valence-corrected chi connectivity index (χ2v) is 7.31. The Labute approximate surface area is 141 Å². The van der Waals surface area contributed by atoms with Crippen LogP contribution >= 0.6 is 0 Å². The zero-order chi connectivity index (χ0) is 17.9. The van der Waals surface area contributed by atoms with Crippen molar-refractivity contribution in [1.29, 1.82) is 0 Å². The molecule has 0 aliphatic carbocycles. The molecular formula is C15H25N5O4. The summed E-state index contributed by atoms with van der Waals surface area (Å²) in [5.41, 5.74) is 7.95. The SMILES string of the molecule is CC(C)(C)OC(=O)N1CC(N=[N+]=[N-])CC[C@H]1C(=O)N1CC[C@H](O)C1. The molecule has 1 N–H and O–H groups in total. The van der Waals surface area contributed by atoms with Crippen LogP contribution < -0.4 is 0 Å². The lowest BCUT2D eigenvalue weighted by atomic mass is 9.98. The van der Waals surface area contributed by atoms with Gasteiger partial charge in [-0.1, -0.05) is 5.11 Å². The molecule has 9 nitrogen and oxygen atoms in total. The largest absolute Gasteiger partial charge is 0.444 e. The van der Waals surface area contributed by atoms with Crippen molar-refractivity contribution in [1.82, 2.24) is 9.80 Å². The fourth-order valence-electron chi connectivity index (χ4n) is 3.05. The predicted octanol–water partition coefficient (Wildman–Crippen LogP) is 1.66. The predicted molar refractivity (Wildman–Crippen MR) is 86.1 cm³/mol. The lowest BCUT2D eigenvalue weighted by Gasteiger charge is -2.39. The van der Waals surface area contributed by atoms with Crippen LogP contribution in [-0.4, -0.2) is 70.3 Å². The normalized spacial score (nSPS) is 27.6. The van der Waals surface area contributed by atoms with Crippen LogP contribution in [0.5, 0.6) is 0 Å². The zero-order valence-corrected chi connectivity index (χ0v) is 14.4. The summed E-state index contributed by atoms with van der Waals surface area (Å²) in [6.07, 6.45) is 0.401. The summed E-state index contributed by atoms with van der Waals surface area (Å²) < 4.78 is 5.40. The first-order valence-corrected chi connectivity index (χ1v) is 8.22. The molecule has 0 aromatic rings. The third-order valence-corrected chi connectivity index (χ3v) is 4.16. The van der Waals surface area contributed by atoms with E-state index in [1.165, 1.54) is 4.90 Å². The van der Waals surface area contributed by atoms with Gasteiger partial charge in [-0.25, -0.2) is 4.79 Å². The van der Waals surface area contributed by atoms with Crippen molar-refractivity contribution in [3.05, 3.63) is 10.4 Å². The maximum atomic E-state index is 12.8. The van der Waals surface area contributed by atoms with E-state index in [1.54, 1.807) is 25.7 Å². The first kappa shape index (κ1) is 18.4. The van der Waals surface area contributed by atoms with Crippen molar-refractivity contribution in [3.8, 4) is 0 Å². The second kappa shape index (κ2) is 7.27. The van der Waals surface area contributed by atoms with Gasteiger partial charge in [-0.05, 0) is 45.6 Å². The van der Waals surface area contributed by atoms with Crippen LogP contribution in [0.25, 0.3) is 10.4 Å². The summed E-state index contributed by atoms with van der Waals surface area (Å²) in [7, 11) is 0. The molecular weight excluding hydrogens is 314 g/mol. The van der Waals surface area contributed by atoms with E-state index in [9.17, 15) is 14.7 Å². The van der Waals surface area contributed by atoms with Crippen LogP contribution in [0.1, 0.15) is 40.0 Å². The number of nitrogens with zero attached hydrogens (tertiary/aromatic N) is 5. The van der Waals surface area contributed by atoms with Crippen LogP contribution in [0.3, 0.4) is 0 Å². The van der Waals surface area contributed by atoms with Gasteiger partial charge in [0, 0.05) is 24.5 Å². The lowest BCUT2D eigenvalue weighted by Crippen LogP contribution is -2.56. The lowest BCUT2D eigenvalue weighted by molar-refractivity contribution is -0.137.